The number of aryl methyl sites for hydroxylation is 1. The van der Waals surface area contributed by atoms with Crippen LogP contribution in [0.25, 0.3) is 5.57 Å². The zero-order valence-corrected chi connectivity index (χ0v) is 17.0. The highest BCUT2D eigenvalue weighted by atomic mass is 32.1. The summed E-state index contributed by atoms with van der Waals surface area (Å²) in [4.78, 5) is 17.3. The molecule has 10 heteroatoms. The Hall–Kier alpha value is -2.30. The lowest BCUT2D eigenvalue weighted by Gasteiger charge is -2.17. The summed E-state index contributed by atoms with van der Waals surface area (Å²) in [6.45, 7) is -0.0814. The average molecular weight is 421 g/mol. The molecule has 1 aliphatic heterocycles. The van der Waals surface area contributed by atoms with Crippen molar-refractivity contribution in [2.24, 2.45) is 12.8 Å². The predicted octanol–water partition coefficient (Wildman–Crippen LogP) is 2.80. The third-order valence-corrected chi connectivity index (χ3v) is 6.37. The topological polar surface area (TPSA) is 121 Å². The molecule has 4 rings (SSSR count). The molecular weight excluding hydrogens is 395 g/mol. The number of hydrogen-bond donors (Lipinski definition) is 3. The molecule has 5 N–H and O–H groups in total. The Morgan fingerprint density at radius 3 is 3.03 bits per heavy atom. The van der Waals surface area contributed by atoms with E-state index in [1.807, 2.05) is 0 Å². The Kier molecular flexibility index (Phi) is 5.66. The van der Waals surface area contributed by atoms with E-state index in [1.165, 1.54) is 11.3 Å². The molecule has 2 aliphatic rings. The molecule has 2 aromatic rings. The number of nitrogens with zero attached hydrogens (tertiary/aromatic N) is 3. The molecule has 29 heavy (non-hydrogen) atoms. The van der Waals surface area contributed by atoms with Crippen molar-refractivity contribution < 1.29 is 13.9 Å². The molecule has 0 saturated carbocycles. The summed E-state index contributed by atoms with van der Waals surface area (Å²) in [6.07, 6.45) is 6.20. The quantitative estimate of drug-likeness (QED) is 0.699. The normalized spacial score (nSPS) is 24.9. The number of allylic oxidation sites excluding steroid dienone is 2. The number of rotatable bonds is 4. The monoisotopic (exact) mass is 420 g/mol. The summed E-state index contributed by atoms with van der Waals surface area (Å²) < 4.78 is 21.2. The Balaban J connectivity index is 1.54. The third-order valence-electron chi connectivity index (χ3n) is 5.41. The van der Waals surface area contributed by atoms with Crippen LogP contribution in [0.15, 0.2) is 12.3 Å². The van der Waals surface area contributed by atoms with Crippen LogP contribution in [-0.4, -0.2) is 39.5 Å². The number of carbonyl (C=O) groups excluding carboxylic acids is 1. The van der Waals surface area contributed by atoms with E-state index in [0.717, 1.165) is 29.8 Å². The Bertz CT molecular complexity index is 927. The van der Waals surface area contributed by atoms with Gasteiger partial charge in [-0.25, -0.2) is 9.37 Å². The predicted molar refractivity (Wildman–Crippen MR) is 110 cm³/mol. The zero-order valence-electron chi connectivity index (χ0n) is 16.2. The standard InChI is InChI=1S/C19H25FN6O2S/c1-26-16(14-7-6-12(21)11(20)9-28-14)13(8-23-26)24-18(27)15-17(22)29-19(25-15)10-4-2-3-5-10/h4,8,11-12,14H,2-3,5-7,9,21-22H2,1H3,(H,24,27). The number of nitrogen functional groups attached to an aromatic ring is 1. The van der Waals surface area contributed by atoms with Gasteiger partial charge in [-0.3, -0.25) is 9.48 Å². The fourth-order valence-corrected chi connectivity index (χ4v) is 4.66. The number of ether oxygens (including phenoxy) is 1. The maximum absolute atomic E-state index is 13.9. The van der Waals surface area contributed by atoms with E-state index in [-0.39, 0.29) is 12.3 Å². The number of aromatic nitrogens is 3. The largest absolute Gasteiger partial charge is 0.389 e. The maximum Gasteiger partial charge on any atom is 0.277 e. The fourth-order valence-electron chi connectivity index (χ4n) is 3.76. The van der Waals surface area contributed by atoms with Crippen LogP contribution in [0.3, 0.4) is 0 Å². The van der Waals surface area contributed by atoms with Crippen LogP contribution in [0, 0.1) is 0 Å². The number of halogens is 1. The van der Waals surface area contributed by atoms with Gasteiger partial charge in [0.25, 0.3) is 5.91 Å². The van der Waals surface area contributed by atoms with Crippen molar-refractivity contribution in [1.82, 2.24) is 14.8 Å². The number of anilines is 2. The van der Waals surface area contributed by atoms with Gasteiger partial charge in [0.15, 0.2) is 5.69 Å². The van der Waals surface area contributed by atoms with Gasteiger partial charge in [0, 0.05) is 13.1 Å². The van der Waals surface area contributed by atoms with Crippen molar-refractivity contribution >= 4 is 33.5 Å². The third kappa shape index (κ3) is 4.05. The van der Waals surface area contributed by atoms with Gasteiger partial charge in [0.1, 0.15) is 22.3 Å². The first-order valence-electron chi connectivity index (χ1n) is 9.74. The van der Waals surface area contributed by atoms with Crippen LogP contribution in [0.2, 0.25) is 0 Å². The molecule has 8 nitrogen and oxygen atoms in total. The Morgan fingerprint density at radius 2 is 2.28 bits per heavy atom. The molecule has 1 fully saturated rings. The fraction of sp³-hybridized carbons (Fsp3) is 0.526. The number of nitrogens with two attached hydrogens (primary N) is 2. The molecule has 1 aliphatic carbocycles. The smallest absolute Gasteiger partial charge is 0.277 e. The van der Waals surface area contributed by atoms with Gasteiger partial charge in [-0.1, -0.05) is 17.4 Å². The number of amides is 1. The summed E-state index contributed by atoms with van der Waals surface area (Å²) in [6, 6.07) is -0.551. The van der Waals surface area contributed by atoms with E-state index in [0.29, 0.717) is 29.2 Å². The number of nitrogens with one attached hydrogen (secondary N) is 1. The maximum atomic E-state index is 13.9. The van der Waals surface area contributed by atoms with Gasteiger partial charge in [0.05, 0.1) is 24.2 Å². The first-order valence-corrected chi connectivity index (χ1v) is 10.6. The minimum Gasteiger partial charge on any atom is -0.389 e. The van der Waals surface area contributed by atoms with Gasteiger partial charge < -0.3 is 21.5 Å². The van der Waals surface area contributed by atoms with Crippen LogP contribution in [0.1, 0.15) is 59.4 Å². The van der Waals surface area contributed by atoms with Gasteiger partial charge in [0.2, 0.25) is 0 Å². The zero-order chi connectivity index (χ0) is 20.5. The van der Waals surface area contributed by atoms with E-state index in [9.17, 15) is 9.18 Å². The molecule has 0 bridgehead atoms. The molecule has 0 aromatic carbocycles. The summed E-state index contributed by atoms with van der Waals surface area (Å²) >= 11 is 1.33. The molecule has 3 unspecified atom stereocenters. The number of alkyl halides is 1. The van der Waals surface area contributed by atoms with Crippen molar-refractivity contribution in [2.75, 3.05) is 17.7 Å². The van der Waals surface area contributed by atoms with Gasteiger partial charge in [-0.2, -0.15) is 5.10 Å². The second kappa shape index (κ2) is 8.21. The first kappa shape index (κ1) is 20.0. The van der Waals surface area contributed by atoms with Crippen LogP contribution in [0.5, 0.6) is 0 Å². The second-order valence-corrected chi connectivity index (χ2v) is 8.48. The lowest BCUT2D eigenvalue weighted by atomic mass is 10.0. The van der Waals surface area contributed by atoms with Gasteiger partial charge in [-0.15, -0.1) is 0 Å². The minimum atomic E-state index is -1.20. The lowest BCUT2D eigenvalue weighted by Crippen LogP contribution is -2.32. The molecule has 1 amide bonds. The lowest BCUT2D eigenvalue weighted by molar-refractivity contribution is 0.0247. The number of thiazole rings is 1. The summed E-state index contributed by atoms with van der Waals surface area (Å²) in [5, 5.41) is 8.27. The van der Waals surface area contributed by atoms with Gasteiger partial charge in [-0.05, 0) is 37.7 Å². The molecule has 156 valence electrons. The molecule has 2 aromatic heterocycles. The molecule has 0 spiro atoms. The molecule has 1 saturated heterocycles. The summed E-state index contributed by atoms with van der Waals surface area (Å²) in [5.74, 6) is -0.397. The van der Waals surface area contributed by atoms with Crippen molar-refractivity contribution in [2.45, 2.75) is 50.4 Å². The first-order chi connectivity index (χ1) is 13.9. The SMILES string of the molecule is Cn1ncc(NC(=O)c2nc(C3=CCCC3)sc2N)c1C1CCC(N)C(F)CO1. The Morgan fingerprint density at radius 1 is 1.45 bits per heavy atom. The van der Waals surface area contributed by atoms with Gasteiger partial charge >= 0.3 is 0 Å². The van der Waals surface area contributed by atoms with E-state index >= 15 is 0 Å². The molecular formula is C19H25FN6O2S. The average Bonchev–Trinajstić information content (AvgIpc) is 3.40. The van der Waals surface area contributed by atoms with E-state index in [1.54, 1.807) is 17.9 Å². The van der Waals surface area contributed by atoms with Crippen LogP contribution in [0.4, 0.5) is 15.1 Å². The Labute approximate surface area is 172 Å². The second-order valence-electron chi connectivity index (χ2n) is 7.45. The minimum absolute atomic E-state index is 0.0814. The van der Waals surface area contributed by atoms with Crippen molar-refractivity contribution in [3.63, 3.8) is 0 Å². The van der Waals surface area contributed by atoms with Crippen LogP contribution < -0.4 is 16.8 Å². The summed E-state index contributed by atoms with van der Waals surface area (Å²) in [7, 11) is 1.76. The highest BCUT2D eigenvalue weighted by molar-refractivity contribution is 7.17. The summed E-state index contributed by atoms with van der Waals surface area (Å²) in [5.41, 5.74) is 14.4. The number of hydrogen-bond acceptors (Lipinski definition) is 7. The molecule has 0 radical (unpaired) electrons. The van der Waals surface area contributed by atoms with E-state index in [4.69, 9.17) is 16.2 Å². The van der Waals surface area contributed by atoms with E-state index in [2.05, 4.69) is 21.5 Å². The van der Waals surface area contributed by atoms with Crippen molar-refractivity contribution in [1.29, 1.82) is 0 Å². The molecule has 3 atom stereocenters. The van der Waals surface area contributed by atoms with Crippen molar-refractivity contribution in [3.8, 4) is 0 Å². The number of carbonyl (C=O) groups is 1. The highest BCUT2D eigenvalue weighted by Crippen LogP contribution is 2.35. The van der Waals surface area contributed by atoms with Crippen molar-refractivity contribution in [3.05, 3.63) is 28.7 Å². The van der Waals surface area contributed by atoms with Crippen LogP contribution in [-0.2, 0) is 11.8 Å². The van der Waals surface area contributed by atoms with E-state index < -0.39 is 24.2 Å². The molecule has 3 heterocycles. The highest BCUT2D eigenvalue weighted by Gasteiger charge is 2.30. The van der Waals surface area contributed by atoms with Crippen LogP contribution >= 0.6 is 11.3 Å².